The van der Waals surface area contributed by atoms with Crippen molar-refractivity contribution in [1.82, 2.24) is 5.32 Å². The maximum atomic E-state index is 12.0. The van der Waals surface area contributed by atoms with Gasteiger partial charge in [-0.05, 0) is 17.7 Å². The molecule has 6 heteroatoms. The number of fused-ring (bicyclic) bond motifs is 1. The Morgan fingerprint density at radius 1 is 1.17 bits per heavy atom. The number of carbonyl (C=O) groups is 1. The third-order valence-electron chi connectivity index (χ3n) is 3.64. The Hall–Kier alpha value is -2.76. The highest BCUT2D eigenvalue weighted by Gasteiger charge is 2.14. The molecule has 0 spiro atoms. The van der Waals surface area contributed by atoms with Crippen molar-refractivity contribution in [3.63, 3.8) is 0 Å². The fourth-order valence-corrected chi connectivity index (χ4v) is 2.33. The van der Waals surface area contributed by atoms with Crippen LogP contribution in [0.5, 0.6) is 11.5 Å². The van der Waals surface area contributed by atoms with E-state index in [2.05, 4.69) is 5.32 Å². The molecule has 1 aromatic heterocycles. The molecule has 2 heterocycles. The second kappa shape index (κ2) is 6.56. The van der Waals surface area contributed by atoms with E-state index >= 15 is 0 Å². The second-order valence-electron chi connectivity index (χ2n) is 5.59. The van der Waals surface area contributed by atoms with Gasteiger partial charge in [-0.2, -0.15) is 4.57 Å². The highest BCUT2D eigenvalue weighted by Crippen LogP contribution is 2.32. The molecule has 120 valence electrons. The standard InChI is InChI=1S/C17H19N3O3/c1-19(2)14-5-7-20(8-6-14)11-17(21)18-10-13-3-4-15-16(9-13)23-12-22-15/h3-9H,10-12H2,1-2H3/p+1. The number of pyridine rings is 1. The summed E-state index contributed by atoms with van der Waals surface area (Å²) in [6, 6.07) is 9.63. The molecular weight excluding hydrogens is 294 g/mol. The van der Waals surface area contributed by atoms with Crippen molar-refractivity contribution in [2.24, 2.45) is 0 Å². The Balaban J connectivity index is 1.53. The van der Waals surface area contributed by atoms with E-state index in [1.54, 1.807) is 0 Å². The number of rotatable bonds is 5. The number of amides is 1. The molecule has 6 nitrogen and oxygen atoms in total. The highest BCUT2D eigenvalue weighted by atomic mass is 16.7. The van der Waals surface area contributed by atoms with Crippen molar-refractivity contribution in [3.8, 4) is 11.5 Å². The average molecular weight is 314 g/mol. The van der Waals surface area contributed by atoms with Gasteiger partial charge in [0.05, 0.1) is 0 Å². The molecule has 0 aliphatic carbocycles. The SMILES string of the molecule is CN(C)c1cc[n+](CC(=O)NCc2ccc3c(c2)OCO3)cc1. The summed E-state index contributed by atoms with van der Waals surface area (Å²) in [7, 11) is 3.97. The van der Waals surface area contributed by atoms with Crippen molar-refractivity contribution >= 4 is 11.6 Å². The van der Waals surface area contributed by atoms with Crippen molar-refractivity contribution in [1.29, 1.82) is 0 Å². The van der Waals surface area contributed by atoms with Gasteiger partial charge in [0.25, 0.3) is 5.91 Å². The maximum absolute atomic E-state index is 12.0. The summed E-state index contributed by atoms with van der Waals surface area (Å²) in [6.45, 7) is 1.01. The summed E-state index contributed by atoms with van der Waals surface area (Å²) < 4.78 is 12.4. The Kier molecular flexibility index (Phi) is 4.32. The van der Waals surface area contributed by atoms with E-state index in [4.69, 9.17) is 9.47 Å². The number of nitrogens with zero attached hydrogens (tertiary/aromatic N) is 2. The first kappa shape index (κ1) is 15.1. The minimum Gasteiger partial charge on any atom is -0.454 e. The first-order chi connectivity index (χ1) is 11.1. The number of ether oxygens (including phenoxy) is 2. The number of aromatic nitrogens is 1. The van der Waals surface area contributed by atoms with Crippen molar-refractivity contribution in [2.75, 3.05) is 25.8 Å². The number of benzene rings is 1. The summed E-state index contributed by atoms with van der Waals surface area (Å²) in [6.07, 6.45) is 3.80. The number of nitrogens with one attached hydrogen (secondary N) is 1. The smallest absolute Gasteiger partial charge is 0.286 e. The fraction of sp³-hybridized carbons (Fsp3) is 0.294. The molecule has 23 heavy (non-hydrogen) atoms. The zero-order valence-electron chi connectivity index (χ0n) is 13.3. The number of anilines is 1. The van der Waals surface area contributed by atoms with E-state index in [1.807, 2.05) is 66.3 Å². The van der Waals surface area contributed by atoms with Crippen LogP contribution in [-0.2, 0) is 17.9 Å². The molecule has 1 aliphatic rings. The molecule has 0 saturated carbocycles. The van der Waals surface area contributed by atoms with Crippen LogP contribution < -0.4 is 24.3 Å². The van der Waals surface area contributed by atoms with Gasteiger partial charge in [0.2, 0.25) is 13.3 Å². The van der Waals surface area contributed by atoms with Gasteiger partial charge in [-0.3, -0.25) is 4.79 Å². The zero-order chi connectivity index (χ0) is 16.2. The van der Waals surface area contributed by atoms with Crippen LogP contribution >= 0.6 is 0 Å². The minimum atomic E-state index is -0.0368. The highest BCUT2D eigenvalue weighted by molar-refractivity contribution is 5.74. The quantitative estimate of drug-likeness (QED) is 0.839. The molecule has 3 rings (SSSR count). The Morgan fingerprint density at radius 2 is 1.91 bits per heavy atom. The molecule has 1 aromatic carbocycles. The average Bonchev–Trinajstić information content (AvgIpc) is 3.01. The summed E-state index contributed by atoms with van der Waals surface area (Å²) in [5, 5.41) is 2.91. The minimum absolute atomic E-state index is 0.0368. The van der Waals surface area contributed by atoms with Crippen molar-refractivity contribution in [2.45, 2.75) is 13.1 Å². The zero-order valence-corrected chi connectivity index (χ0v) is 13.3. The van der Waals surface area contributed by atoms with E-state index in [0.717, 1.165) is 22.7 Å². The topological polar surface area (TPSA) is 54.7 Å². The van der Waals surface area contributed by atoms with Crippen LogP contribution in [0.25, 0.3) is 0 Å². The Labute approximate surface area is 135 Å². The van der Waals surface area contributed by atoms with Gasteiger partial charge in [0.1, 0.15) is 0 Å². The predicted octanol–water partition coefficient (Wildman–Crippen LogP) is 1.09. The first-order valence-corrected chi connectivity index (χ1v) is 7.43. The van der Waals surface area contributed by atoms with Gasteiger partial charge in [-0.25, -0.2) is 0 Å². The molecule has 2 aromatic rings. The second-order valence-corrected chi connectivity index (χ2v) is 5.59. The number of hydrogen-bond donors (Lipinski definition) is 1. The van der Waals surface area contributed by atoms with E-state index in [1.165, 1.54) is 0 Å². The molecular formula is C17H20N3O3+. The van der Waals surface area contributed by atoms with E-state index in [0.29, 0.717) is 6.54 Å². The van der Waals surface area contributed by atoms with Gasteiger partial charge in [0.15, 0.2) is 23.9 Å². The first-order valence-electron chi connectivity index (χ1n) is 7.43. The van der Waals surface area contributed by atoms with Crippen LogP contribution in [0.4, 0.5) is 5.69 Å². The van der Waals surface area contributed by atoms with Gasteiger partial charge < -0.3 is 19.7 Å². The summed E-state index contributed by atoms with van der Waals surface area (Å²) in [4.78, 5) is 14.1. The third kappa shape index (κ3) is 3.71. The third-order valence-corrected chi connectivity index (χ3v) is 3.64. The van der Waals surface area contributed by atoms with Crippen LogP contribution in [0.15, 0.2) is 42.7 Å². The lowest BCUT2D eigenvalue weighted by molar-refractivity contribution is -0.684. The monoisotopic (exact) mass is 314 g/mol. The molecule has 0 saturated heterocycles. The van der Waals surface area contributed by atoms with Gasteiger partial charge in [0, 0.05) is 38.5 Å². The lowest BCUT2D eigenvalue weighted by atomic mass is 10.2. The van der Waals surface area contributed by atoms with Gasteiger partial charge in [-0.1, -0.05) is 6.07 Å². The Bertz CT molecular complexity index is 699. The Morgan fingerprint density at radius 3 is 2.65 bits per heavy atom. The van der Waals surface area contributed by atoms with Gasteiger partial charge in [-0.15, -0.1) is 0 Å². The molecule has 0 fully saturated rings. The normalized spacial score (nSPS) is 12.1. The van der Waals surface area contributed by atoms with Crippen molar-refractivity contribution < 1.29 is 18.8 Å². The molecule has 0 bridgehead atoms. The lowest BCUT2D eigenvalue weighted by Gasteiger charge is -2.10. The summed E-state index contributed by atoms with van der Waals surface area (Å²) >= 11 is 0. The molecule has 1 aliphatic heterocycles. The van der Waals surface area contributed by atoms with E-state index in [-0.39, 0.29) is 19.2 Å². The van der Waals surface area contributed by atoms with Crippen LogP contribution in [-0.4, -0.2) is 26.8 Å². The largest absolute Gasteiger partial charge is 0.454 e. The summed E-state index contributed by atoms with van der Waals surface area (Å²) in [5.41, 5.74) is 2.08. The molecule has 0 unspecified atom stereocenters. The van der Waals surface area contributed by atoms with Crippen LogP contribution in [0.2, 0.25) is 0 Å². The van der Waals surface area contributed by atoms with Crippen LogP contribution in [0, 0.1) is 0 Å². The van der Waals surface area contributed by atoms with Gasteiger partial charge >= 0.3 is 0 Å². The number of carbonyl (C=O) groups excluding carboxylic acids is 1. The van der Waals surface area contributed by atoms with E-state index < -0.39 is 0 Å². The van der Waals surface area contributed by atoms with Crippen molar-refractivity contribution in [3.05, 3.63) is 48.3 Å². The van der Waals surface area contributed by atoms with E-state index in [9.17, 15) is 4.79 Å². The fourth-order valence-electron chi connectivity index (χ4n) is 2.33. The molecule has 0 atom stereocenters. The number of hydrogen-bond acceptors (Lipinski definition) is 4. The maximum Gasteiger partial charge on any atom is 0.286 e. The molecule has 1 N–H and O–H groups in total. The molecule has 1 amide bonds. The van der Waals surface area contributed by atoms with Crippen LogP contribution in [0.1, 0.15) is 5.56 Å². The van der Waals surface area contributed by atoms with Crippen LogP contribution in [0.3, 0.4) is 0 Å². The molecule has 0 radical (unpaired) electrons. The summed E-state index contributed by atoms with van der Waals surface area (Å²) in [5.74, 6) is 1.44. The lowest BCUT2D eigenvalue weighted by Crippen LogP contribution is -2.42. The predicted molar refractivity (Wildman–Crippen MR) is 85.4 cm³/mol.